The van der Waals surface area contributed by atoms with Crippen molar-refractivity contribution in [3.05, 3.63) is 83.2 Å². The van der Waals surface area contributed by atoms with Crippen LogP contribution in [0.4, 0.5) is 17.1 Å². The van der Waals surface area contributed by atoms with Crippen LogP contribution in [0.1, 0.15) is 216 Å². The number of rotatable bonds is 52. The van der Waals surface area contributed by atoms with E-state index in [0.717, 1.165) is 49.2 Å². The summed E-state index contributed by atoms with van der Waals surface area (Å²) in [6.45, 7) is 18.9. The Morgan fingerprint density at radius 2 is 1.04 bits per heavy atom. The van der Waals surface area contributed by atoms with Crippen molar-refractivity contribution in [3.63, 3.8) is 0 Å². The fourth-order valence-corrected chi connectivity index (χ4v) is 17.7. The average molecular weight is 1730 g/mol. The second-order valence-electron chi connectivity index (χ2n) is 33.9. The molecule has 678 valence electrons. The minimum Gasteiger partial charge on any atom is -0.493 e. The molecule has 3 aromatic rings. The van der Waals surface area contributed by atoms with E-state index >= 15 is 0 Å². The summed E-state index contributed by atoms with van der Waals surface area (Å²) < 4.78 is 68.3. The lowest BCUT2D eigenvalue weighted by atomic mass is 9.84. The fourth-order valence-electron chi connectivity index (χ4n) is 16.1. The lowest BCUT2D eigenvalue weighted by Crippen LogP contribution is -2.53. The van der Waals surface area contributed by atoms with Gasteiger partial charge in [0, 0.05) is 86.2 Å². The highest BCUT2D eigenvalue weighted by atomic mass is 32.2. The highest BCUT2D eigenvalue weighted by Gasteiger charge is 2.43. The minimum absolute atomic E-state index is 0.0170. The number of nitrogens with one attached hydrogen (secondary N) is 4. The van der Waals surface area contributed by atoms with Crippen LogP contribution in [0.5, 0.6) is 23.0 Å². The molecule has 7 aliphatic rings. The van der Waals surface area contributed by atoms with Gasteiger partial charge in [-0.3, -0.25) is 53.2 Å². The molecule has 1 saturated heterocycles. The van der Waals surface area contributed by atoms with Gasteiger partial charge in [-0.15, -0.1) is 11.8 Å². The van der Waals surface area contributed by atoms with E-state index in [-0.39, 0.29) is 97.2 Å². The Labute approximate surface area is 731 Å². The largest absolute Gasteiger partial charge is 0.493 e. The number of fused-ring (bicyclic) bond motifs is 4. The predicted octanol–water partition coefficient (Wildman–Crippen LogP) is 13.1. The molecule has 5 aliphatic heterocycles. The molecular formula is C93H135N9O20S. The Kier molecular flexibility index (Phi) is 40.4. The number of methoxy groups -OCH3 is 2. The molecule has 0 spiro atoms. The van der Waals surface area contributed by atoms with Gasteiger partial charge in [-0.1, -0.05) is 124 Å². The molecular weight excluding hydrogens is 1600 g/mol. The van der Waals surface area contributed by atoms with Crippen molar-refractivity contribution < 1.29 is 95.2 Å². The molecule has 3 fully saturated rings. The van der Waals surface area contributed by atoms with Crippen molar-refractivity contribution >= 4 is 94.1 Å². The summed E-state index contributed by atoms with van der Waals surface area (Å²) >= 11 is 1.65. The molecule has 0 radical (unpaired) electrons. The maximum absolute atomic E-state index is 14.2. The molecule has 5 heterocycles. The van der Waals surface area contributed by atoms with Crippen molar-refractivity contribution in [1.29, 1.82) is 0 Å². The van der Waals surface area contributed by atoms with E-state index in [1.807, 2.05) is 30.7 Å². The van der Waals surface area contributed by atoms with Gasteiger partial charge in [0.2, 0.25) is 35.4 Å². The number of likely N-dealkylation sites (tertiary alicyclic amines) is 1. The smallest absolute Gasteiger partial charge is 0.260 e. The van der Waals surface area contributed by atoms with Crippen LogP contribution in [0.3, 0.4) is 0 Å². The standard InChI is InChI=1S/C93H135N9O20S/c1-64(2)87(99-85(104)31-36-113-38-40-115-42-44-117-46-48-119-50-51-120-49-47-118-45-43-116-41-39-114-37-32-94-84(103)30-33-100-86(105)58-83(92(100)110)123-93(5,6)59-67-21-17-14-12-10-9-11-13-16-20-65(3)22-23-67)89(107)97-66(4)88(106)98-72-28-26-69(27-29-72)71-53-74-61-96-78-57-82(80(112-8)55-76(78)91(109)102(74)63-71)122-35-19-15-18-34-121-81-56-77-75(54-79(81)111-7)90(108)101-62-70(68-24-25-68)52-73(101)60-95-77/h26-29,54-57,60-68,73-74,83,87H,9-25,30-53,58-59H2,1-8H3,(H,94,103)(H,97,107)(H,98,106)(H,99,104)/t65?,66-,67?,73?,74-,83?,87-/m1/s1. The van der Waals surface area contributed by atoms with Gasteiger partial charge < -0.3 is 87.9 Å². The first-order chi connectivity index (χ1) is 59.6. The summed E-state index contributed by atoms with van der Waals surface area (Å²) in [5, 5.41) is 10.8. The molecule has 30 heteroatoms. The van der Waals surface area contributed by atoms with Crippen LogP contribution in [0.15, 0.2) is 76.5 Å². The minimum atomic E-state index is -0.936. The SMILES string of the molecule is COc1cc2c(cc1OCCCCCOc1cc3c(cc1OC)C(=O)N1C=C(c4ccc(NC(=O)[C@@H](C)NC(=O)[C@H](NC(=O)CCOCCOCCOCCOCCOCCOCCOCCOCCNC(=O)CCN5C(=O)CC(SC(C)(C)CC6CCCCCCCCCCC(C)CC6)C5=O)C(C)C)cc4)C[C@@H]1C=N3)N=CC1CC(C3CC3)=CN1C2=O. The second-order valence-corrected chi connectivity index (χ2v) is 35.8. The van der Waals surface area contributed by atoms with E-state index < -0.39 is 29.1 Å². The summed E-state index contributed by atoms with van der Waals surface area (Å²) in [5.41, 5.74) is 5.50. The Balaban J connectivity index is 0.487. The Morgan fingerprint density at radius 3 is 1.58 bits per heavy atom. The van der Waals surface area contributed by atoms with Gasteiger partial charge in [0.05, 0.1) is 173 Å². The Morgan fingerprint density at radius 1 is 0.528 bits per heavy atom. The van der Waals surface area contributed by atoms with Gasteiger partial charge in [-0.25, -0.2) is 0 Å². The number of carbonyl (C=O) groups excluding carboxylic acids is 8. The highest BCUT2D eigenvalue weighted by Crippen LogP contribution is 2.46. The zero-order chi connectivity index (χ0) is 87.3. The Bertz CT molecular complexity index is 4040. The normalized spacial score (nSPS) is 19.9. The van der Waals surface area contributed by atoms with E-state index in [4.69, 9.17) is 66.8 Å². The van der Waals surface area contributed by atoms with E-state index in [2.05, 4.69) is 42.0 Å². The number of hydrogen-bond acceptors (Lipinski definition) is 23. The van der Waals surface area contributed by atoms with E-state index in [1.54, 1.807) is 92.1 Å². The number of imide groups is 1. The molecule has 123 heavy (non-hydrogen) atoms. The molecule has 4 N–H and O–H groups in total. The maximum Gasteiger partial charge on any atom is 0.260 e. The van der Waals surface area contributed by atoms with Gasteiger partial charge in [-0.2, -0.15) is 0 Å². The summed E-state index contributed by atoms with van der Waals surface area (Å²) in [6, 6.07) is 11.9. The number of aliphatic imine (C=N–C) groups is 2. The third kappa shape index (κ3) is 31.6. The topological polar surface area (TPSA) is 330 Å². The summed E-state index contributed by atoms with van der Waals surface area (Å²) in [7, 11) is 3.10. The number of benzene rings is 3. The maximum atomic E-state index is 14.2. The first-order valence-corrected chi connectivity index (χ1v) is 45.8. The third-order valence-corrected chi connectivity index (χ3v) is 24.6. The first kappa shape index (κ1) is 96.9. The number of hydrogen-bond donors (Lipinski definition) is 4. The van der Waals surface area contributed by atoms with Crippen molar-refractivity contribution in [2.24, 2.45) is 33.7 Å². The van der Waals surface area contributed by atoms with Crippen LogP contribution in [0.25, 0.3) is 5.57 Å². The number of anilines is 1. The van der Waals surface area contributed by atoms with Gasteiger partial charge in [-0.05, 0) is 117 Å². The van der Waals surface area contributed by atoms with Gasteiger partial charge in [0.15, 0.2) is 23.0 Å². The predicted molar refractivity (Wildman–Crippen MR) is 473 cm³/mol. The van der Waals surface area contributed by atoms with E-state index in [9.17, 15) is 38.4 Å². The monoisotopic (exact) mass is 1730 g/mol. The van der Waals surface area contributed by atoms with Crippen LogP contribution in [-0.4, -0.2) is 255 Å². The van der Waals surface area contributed by atoms with Gasteiger partial charge in [0.1, 0.15) is 12.1 Å². The van der Waals surface area contributed by atoms with E-state index in [1.165, 1.54) is 107 Å². The highest BCUT2D eigenvalue weighted by molar-refractivity contribution is 8.02. The molecule has 2 saturated carbocycles. The van der Waals surface area contributed by atoms with Crippen LogP contribution in [-0.2, 0) is 66.7 Å². The summed E-state index contributed by atoms with van der Waals surface area (Å²) in [6.07, 6.45) is 30.5. The molecule has 10 rings (SSSR count). The number of carbonyl (C=O) groups is 8. The van der Waals surface area contributed by atoms with E-state index in [0.29, 0.717) is 182 Å². The number of amides is 8. The molecule has 0 aromatic heterocycles. The zero-order valence-corrected chi connectivity index (χ0v) is 74.7. The Hall–Kier alpha value is -8.33. The van der Waals surface area contributed by atoms with Crippen molar-refractivity contribution in [1.82, 2.24) is 30.7 Å². The van der Waals surface area contributed by atoms with Crippen molar-refractivity contribution in [2.75, 3.05) is 152 Å². The van der Waals surface area contributed by atoms with Gasteiger partial charge >= 0.3 is 0 Å². The van der Waals surface area contributed by atoms with Gasteiger partial charge in [0.25, 0.3) is 11.8 Å². The summed E-state index contributed by atoms with van der Waals surface area (Å²) in [5.74, 6) is 1.35. The van der Waals surface area contributed by atoms with Crippen LogP contribution in [0, 0.1) is 23.7 Å². The zero-order valence-electron chi connectivity index (χ0n) is 73.8. The number of nitrogens with zero attached hydrogens (tertiary/aromatic N) is 5. The molecule has 4 unspecified atom stereocenters. The molecule has 0 bridgehead atoms. The van der Waals surface area contributed by atoms with Crippen LogP contribution < -0.4 is 40.2 Å². The molecule has 2 aliphatic carbocycles. The number of unbranched alkanes of at least 4 members (excludes halogenated alkanes) is 2. The number of thioether (sulfide) groups is 1. The lowest BCUT2D eigenvalue weighted by Gasteiger charge is -2.32. The second kappa shape index (κ2) is 51.3. The summed E-state index contributed by atoms with van der Waals surface area (Å²) in [4.78, 5) is 121. The lowest BCUT2D eigenvalue weighted by molar-refractivity contribution is -0.138. The molecule has 8 amide bonds. The van der Waals surface area contributed by atoms with Crippen molar-refractivity contribution in [3.8, 4) is 23.0 Å². The van der Waals surface area contributed by atoms with Crippen molar-refractivity contribution in [2.45, 2.75) is 223 Å². The molecule has 29 nitrogen and oxygen atoms in total. The van der Waals surface area contributed by atoms with Crippen LogP contribution >= 0.6 is 11.8 Å². The fraction of sp³-hybridized carbons (Fsp3) is 0.656. The first-order valence-electron chi connectivity index (χ1n) is 44.9. The average Bonchev–Trinajstić information content (AvgIpc) is 1.64. The third-order valence-electron chi connectivity index (χ3n) is 23.2. The molecule has 3 aromatic carbocycles. The van der Waals surface area contributed by atoms with Crippen LogP contribution in [0.2, 0.25) is 0 Å². The quantitative estimate of drug-likeness (QED) is 0.0301. The number of ether oxygens (including phenoxy) is 12. The molecule has 7 atom stereocenters.